The van der Waals surface area contributed by atoms with Crippen LogP contribution in [0.5, 0.6) is 5.75 Å². The highest BCUT2D eigenvalue weighted by atomic mass is 16.5. The highest BCUT2D eigenvalue weighted by Crippen LogP contribution is 2.16. The molecule has 1 aromatic carbocycles. The van der Waals surface area contributed by atoms with Crippen LogP contribution in [-0.2, 0) is 11.2 Å². The van der Waals surface area contributed by atoms with E-state index in [2.05, 4.69) is 10.3 Å². The van der Waals surface area contributed by atoms with Gasteiger partial charge in [-0.1, -0.05) is 11.3 Å². The molecule has 0 aliphatic heterocycles. The van der Waals surface area contributed by atoms with Crippen LogP contribution >= 0.6 is 0 Å². The molecule has 0 saturated heterocycles. The number of carbonyl (C=O) groups is 1. The van der Waals surface area contributed by atoms with Gasteiger partial charge in [0.15, 0.2) is 0 Å². The third-order valence-electron chi connectivity index (χ3n) is 3.01. The molecule has 0 spiro atoms. The van der Waals surface area contributed by atoms with Crippen molar-refractivity contribution in [1.82, 2.24) is 15.0 Å². The van der Waals surface area contributed by atoms with Crippen LogP contribution in [0.4, 0.5) is 0 Å². The Morgan fingerprint density at radius 2 is 2.24 bits per heavy atom. The van der Waals surface area contributed by atoms with Crippen molar-refractivity contribution in [1.29, 1.82) is 0 Å². The summed E-state index contributed by atoms with van der Waals surface area (Å²) in [6.45, 7) is 2.56. The van der Waals surface area contributed by atoms with Crippen molar-refractivity contribution in [3.63, 3.8) is 0 Å². The van der Waals surface area contributed by atoms with E-state index < -0.39 is 5.97 Å². The van der Waals surface area contributed by atoms with Gasteiger partial charge in [0.05, 0.1) is 24.2 Å². The minimum absolute atomic E-state index is 0.199. The monoisotopic (exact) mass is 289 g/mol. The van der Waals surface area contributed by atoms with E-state index in [0.29, 0.717) is 13.0 Å². The first-order valence-electron chi connectivity index (χ1n) is 7.05. The number of aryl methyl sites for hydroxylation is 1. The number of carboxylic acids is 1. The van der Waals surface area contributed by atoms with E-state index in [-0.39, 0.29) is 6.42 Å². The highest BCUT2D eigenvalue weighted by Gasteiger charge is 2.05. The molecule has 6 heteroatoms. The summed E-state index contributed by atoms with van der Waals surface area (Å²) in [6, 6.07) is 7.66. The quantitative estimate of drug-likeness (QED) is 0.755. The zero-order chi connectivity index (χ0) is 15.1. The van der Waals surface area contributed by atoms with Gasteiger partial charge in [-0.15, -0.1) is 5.10 Å². The molecule has 6 nitrogen and oxygen atoms in total. The Kier molecular flexibility index (Phi) is 5.31. The average molecular weight is 289 g/mol. The molecule has 2 rings (SSSR count). The zero-order valence-corrected chi connectivity index (χ0v) is 12.0. The second-order valence-electron chi connectivity index (χ2n) is 4.69. The van der Waals surface area contributed by atoms with E-state index in [1.54, 1.807) is 4.68 Å². The van der Waals surface area contributed by atoms with E-state index in [9.17, 15) is 4.79 Å². The van der Waals surface area contributed by atoms with Crippen LogP contribution in [0.15, 0.2) is 30.5 Å². The molecule has 0 aliphatic rings. The van der Waals surface area contributed by atoms with E-state index >= 15 is 0 Å². The molecule has 0 aliphatic carbocycles. The lowest BCUT2D eigenvalue weighted by Crippen LogP contribution is -1.97. The van der Waals surface area contributed by atoms with Gasteiger partial charge in [-0.3, -0.25) is 4.79 Å². The number of unbranched alkanes of at least 4 members (excludes halogenated alkanes) is 1. The van der Waals surface area contributed by atoms with E-state index in [1.165, 1.54) is 0 Å². The molecule has 0 bridgehead atoms. The Labute approximate surface area is 123 Å². The maximum absolute atomic E-state index is 10.4. The number of rotatable bonds is 8. The Morgan fingerprint density at radius 1 is 1.38 bits per heavy atom. The van der Waals surface area contributed by atoms with Crippen molar-refractivity contribution < 1.29 is 14.6 Å². The fourth-order valence-corrected chi connectivity index (χ4v) is 2.00. The molecule has 0 saturated carbocycles. The van der Waals surface area contributed by atoms with Crippen molar-refractivity contribution >= 4 is 5.97 Å². The smallest absolute Gasteiger partial charge is 0.303 e. The van der Waals surface area contributed by atoms with E-state index in [1.807, 2.05) is 37.4 Å². The average Bonchev–Trinajstić information content (AvgIpc) is 2.93. The van der Waals surface area contributed by atoms with Crippen molar-refractivity contribution in [2.45, 2.75) is 32.6 Å². The molecule has 1 aromatic heterocycles. The van der Waals surface area contributed by atoms with Crippen LogP contribution in [0.1, 0.15) is 31.9 Å². The Hall–Kier alpha value is -2.37. The number of hydrogen-bond donors (Lipinski definition) is 1. The van der Waals surface area contributed by atoms with E-state index in [0.717, 1.165) is 30.0 Å². The molecule has 1 heterocycles. The lowest BCUT2D eigenvalue weighted by molar-refractivity contribution is -0.137. The second-order valence-corrected chi connectivity index (χ2v) is 4.69. The standard InChI is InChI=1S/C15H19N3O3/c1-2-21-14-8-5-7-13(10-14)18-11-12(16-17-18)6-3-4-9-15(19)20/h5,7-8,10-11H,2-4,6,9H2,1H3,(H,19,20). The van der Waals surface area contributed by atoms with Gasteiger partial charge in [0, 0.05) is 12.5 Å². The summed E-state index contributed by atoms with van der Waals surface area (Å²) in [5, 5.41) is 16.8. The Morgan fingerprint density at radius 3 is 3.00 bits per heavy atom. The molecule has 112 valence electrons. The number of aliphatic carboxylic acids is 1. The SMILES string of the molecule is CCOc1cccc(-n2cc(CCCCC(=O)O)nn2)c1. The van der Waals surface area contributed by atoms with Gasteiger partial charge in [-0.25, -0.2) is 4.68 Å². The third-order valence-corrected chi connectivity index (χ3v) is 3.01. The maximum atomic E-state index is 10.4. The minimum atomic E-state index is -0.758. The third kappa shape index (κ3) is 4.59. The van der Waals surface area contributed by atoms with Gasteiger partial charge in [-0.2, -0.15) is 0 Å². The summed E-state index contributed by atoms with van der Waals surface area (Å²) in [6.07, 6.45) is 4.25. The molecule has 0 amide bonds. The number of hydrogen-bond acceptors (Lipinski definition) is 4. The van der Waals surface area contributed by atoms with Gasteiger partial charge < -0.3 is 9.84 Å². The number of benzene rings is 1. The summed E-state index contributed by atoms with van der Waals surface area (Å²) in [5.41, 5.74) is 1.76. The number of aromatic nitrogens is 3. The van der Waals surface area contributed by atoms with Crippen LogP contribution in [0.2, 0.25) is 0 Å². The summed E-state index contributed by atoms with van der Waals surface area (Å²) < 4.78 is 7.16. The fourth-order valence-electron chi connectivity index (χ4n) is 2.00. The normalized spacial score (nSPS) is 10.5. The molecule has 0 radical (unpaired) electrons. The van der Waals surface area contributed by atoms with Gasteiger partial charge in [0.25, 0.3) is 0 Å². The lowest BCUT2D eigenvalue weighted by Gasteiger charge is -2.05. The predicted molar refractivity (Wildman–Crippen MR) is 77.7 cm³/mol. The zero-order valence-electron chi connectivity index (χ0n) is 12.0. The second kappa shape index (κ2) is 7.42. The van der Waals surface area contributed by atoms with Crippen LogP contribution in [-0.4, -0.2) is 32.7 Å². The van der Waals surface area contributed by atoms with Crippen LogP contribution in [0.25, 0.3) is 5.69 Å². The molecule has 2 aromatic rings. The summed E-state index contributed by atoms with van der Waals surface area (Å²) in [4.78, 5) is 10.4. The molecule has 0 fully saturated rings. The Balaban J connectivity index is 1.96. The maximum Gasteiger partial charge on any atom is 0.303 e. The van der Waals surface area contributed by atoms with Crippen molar-refractivity contribution in [3.05, 3.63) is 36.2 Å². The lowest BCUT2D eigenvalue weighted by atomic mass is 10.1. The first kappa shape index (κ1) is 15.0. The molecule has 0 unspecified atom stereocenters. The summed E-state index contributed by atoms with van der Waals surface area (Å²) in [5.74, 6) is 0.0416. The molecule has 0 atom stereocenters. The molecular formula is C15H19N3O3. The predicted octanol–water partition coefficient (Wildman–Crippen LogP) is 2.46. The number of nitrogens with zero attached hydrogens (tertiary/aromatic N) is 3. The topological polar surface area (TPSA) is 77.2 Å². The Bertz CT molecular complexity index is 595. The molecule has 1 N–H and O–H groups in total. The summed E-state index contributed by atoms with van der Waals surface area (Å²) in [7, 11) is 0. The van der Waals surface area contributed by atoms with Crippen LogP contribution in [0, 0.1) is 0 Å². The number of carboxylic acid groups (broad SMARTS) is 1. The fraction of sp³-hybridized carbons (Fsp3) is 0.400. The van der Waals surface area contributed by atoms with Gasteiger partial charge in [0.1, 0.15) is 5.75 Å². The van der Waals surface area contributed by atoms with Gasteiger partial charge in [0.2, 0.25) is 0 Å². The van der Waals surface area contributed by atoms with Crippen LogP contribution < -0.4 is 4.74 Å². The largest absolute Gasteiger partial charge is 0.494 e. The highest BCUT2D eigenvalue weighted by molar-refractivity contribution is 5.66. The van der Waals surface area contributed by atoms with Crippen molar-refractivity contribution in [3.8, 4) is 11.4 Å². The van der Waals surface area contributed by atoms with Crippen LogP contribution in [0.3, 0.4) is 0 Å². The van der Waals surface area contributed by atoms with E-state index in [4.69, 9.17) is 9.84 Å². The van der Waals surface area contributed by atoms with Gasteiger partial charge in [-0.05, 0) is 38.3 Å². The first-order valence-corrected chi connectivity index (χ1v) is 7.05. The number of ether oxygens (including phenoxy) is 1. The first-order chi connectivity index (χ1) is 10.2. The molecular weight excluding hydrogens is 270 g/mol. The summed E-state index contributed by atoms with van der Waals surface area (Å²) >= 11 is 0. The molecule has 21 heavy (non-hydrogen) atoms. The van der Waals surface area contributed by atoms with Crippen molar-refractivity contribution in [2.75, 3.05) is 6.61 Å². The van der Waals surface area contributed by atoms with Crippen molar-refractivity contribution in [2.24, 2.45) is 0 Å². The minimum Gasteiger partial charge on any atom is -0.494 e. The van der Waals surface area contributed by atoms with Gasteiger partial charge >= 0.3 is 5.97 Å².